The third-order valence-electron chi connectivity index (χ3n) is 3.51. The molecule has 8 heteroatoms. The van der Waals surface area contributed by atoms with Crippen molar-refractivity contribution in [1.29, 1.82) is 0 Å². The van der Waals surface area contributed by atoms with Gasteiger partial charge in [-0.15, -0.1) is 12.4 Å². The van der Waals surface area contributed by atoms with Gasteiger partial charge in [0.15, 0.2) is 0 Å². The summed E-state index contributed by atoms with van der Waals surface area (Å²) in [6.07, 6.45) is 2.09. The predicted molar refractivity (Wildman–Crippen MR) is 82.5 cm³/mol. The number of anilines is 1. The van der Waals surface area contributed by atoms with Crippen molar-refractivity contribution < 1.29 is 9.72 Å². The molecule has 116 valence electrons. The van der Waals surface area contributed by atoms with E-state index in [0.29, 0.717) is 18.0 Å². The SMILES string of the molecule is Cc1cc(C(=O)NC(CN)C2CC2)c(N)c([N+](=O)[O-])c1.Cl. The lowest BCUT2D eigenvalue weighted by Gasteiger charge is -2.17. The highest BCUT2D eigenvalue weighted by Crippen LogP contribution is 2.33. The Labute approximate surface area is 128 Å². The van der Waals surface area contributed by atoms with E-state index in [1.807, 2.05) is 0 Å². The fourth-order valence-electron chi connectivity index (χ4n) is 2.23. The van der Waals surface area contributed by atoms with Gasteiger partial charge in [0.05, 0.1) is 10.5 Å². The van der Waals surface area contributed by atoms with Gasteiger partial charge >= 0.3 is 0 Å². The molecular formula is C13H19ClN4O3. The number of hydrogen-bond donors (Lipinski definition) is 3. The molecule has 0 saturated heterocycles. The van der Waals surface area contributed by atoms with Crippen molar-refractivity contribution in [2.75, 3.05) is 12.3 Å². The zero-order valence-corrected chi connectivity index (χ0v) is 12.5. The van der Waals surface area contributed by atoms with Gasteiger partial charge in [-0.1, -0.05) is 0 Å². The van der Waals surface area contributed by atoms with Gasteiger partial charge in [0, 0.05) is 18.7 Å². The second-order valence-electron chi connectivity index (χ2n) is 5.16. The molecule has 1 aliphatic carbocycles. The summed E-state index contributed by atoms with van der Waals surface area (Å²) >= 11 is 0. The topological polar surface area (TPSA) is 124 Å². The predicted octanol–water partition coefficient (Wildman–Crippen LogP) is 1.37. The van der Waals surface area contributed by atoms with Crippen molar-refractivity contribution in [1.82, 2.24) is 5.32 Å². The molecule has 1 aromatic carbocycles. The van der Waals surface area contributed by atoms with E-state index >= 15 is 0 Å². The van der Waals surface area contributed by atoms with Crippen molar-refractivity contribution in [2.45, 2.75) is 25.8 Å². The molecule has 0 spiro atoms. The second-order valence-corrected chi connectivity index (χ2v) is 5.16. The number of nitrogens with two attached hydrogens (primary N) is 2. The third kappa shape index (κ3) is 3.83. The maximum atomic E-state index is 12.2. The average Bonchev–Trinajstić information content (AvgIpc) is 3.22. The summed E-state index contributed by atoms with van der Waals surface area (Å²) in [7, 11) is 0. The maximum absolute atomic E-state index is 12.2. The number of halogens is 1. The number of nitrogens with zero attached hydrogens (tertiary/aromatic N) is 1. The average molecular weight is 315 g/mol. The van der Waals surface area contributed by atoms with Crippen molar-refractivity contribution in [3.63, 3.8) is 0 Å². The lowest BCUT2D eigenvalue weighted by atomic mass is 10.1. The number of carbonyl (C=O) groups excluding carboxylic acids is 1. The van der Waals surface area contributed by atoms with Crippen LogP contribution in [0.2, 0.25) is 0 Å². The molecule has 2 rings (SSSR count). The molecule has 1 fully saturated rings. The smallest absolute Gasteiger partial charge is 0.293 e. The molecule has 0 heterocycles. The van der Waals surface area contributed by atoms with Crippen LogP contribution in [-0.4, -0.2) is 23.4 Å². The number of nitrogen functional groups attached to an aromatic ring is 1. The van der Waals surface area contributed by atoms with Crippen LogP contribution in [0.4, 0.5) is 11.4 Å². The van der Waals surface area contributed by atoms with Gasteiger partial charge in [-0.2, -0.15) is 0 Å². The van der Waals surface area contributed by atoms with Crippen LogP contribution in [-0.2, 0) is 0 Å². The van der Waals surface area contributed by atoms with E-state index in [2.05, 4.69) is 5.32 Å². The fourth-order valence-corrected chi connectivity index (χ4v) is 2.23. The number of nitrogens with one attached hydrogen (secondary N) is 1. The summed E-state index contributed by atoms with van der Waals surface area (Å²) in [6, 6.07) is 2.81. The molecule has 1 atom stereocenters. The van der Waals surface area contributed by atoms with E-state index in [4.69, 9.17) is 11.5 Å². The van der Waals surface area contributed by atoms with E-state index in [-0.39, 0.29) is 35.4 Å². The van der Waals surface area contributed by atoms with E-state index in [1.54, 1.807) is 13.0 Å². The molecule has 21 heavy (non-hydrogen) atoms. The van der Waals surface area contributed by atoms with Crippen LogP contribution >= 0.6 is 12.4 Å². The Hall–Kier alpha value is -1.86. The number of aryl methyl sites for hydroxylation is 1. The Bertz CT molecular complexity index is 561. The molecule has 1 aliphatic rings. The number of nitro benzene ring substituents is 1. The molecule has 1 aromatic rings. The zero-order valence-electron chi connectivity index (χ0n) is 11.7. The van der Waals surface area contributed by atoms with Crippen molar-refractivity contribution in [3.8, 4) is 0 Å². The first-order valence-corrected chi connectivity index (χ1v) is 6.49. The van der Waals surface area contributed by atoms with Gasteiger partial charge in [-0.05, 0) is 37.3 Å². The van der Waals surface area contributed by atoms with E-state index in [0.717, 1.165) is 12.8 Å². The molecule has 1 saturated carbocycles. The third-order valence-corrected chi connectivity index (χ3v) is 3.51. The molecule has 1 amide bonds. The molecule has 0 aliphatic heterocycles. The molecule has 1 unspecified atom stereocenters. The minimum absolute atomic E-state index is 0. The summed E-state index contributed by atoms with van der Waals surface area (Å²) in [4.78, 5) is 22.6. The Kier molecular flexibility index (Phi) is 5.51. The summed E-state index contributed by atoms with van der Waals surface area (Å²) in [5.41, 5.74) is 11.8. The van der Waals surface area contributed by atoms with Crippen LogP contribution in [0.1, 0.15) is 28.8 Å². The summed E-state index contributed by atoms with van der Waals surface area (Å²) in [6.45, 7) is 2.04. The van der Waals surface area contributed by atoms with Crippen LogP contribution in [0.5, 0.6) is 0 Å². The molecule has 7 nitrogen and oxygen atoms in total. The summed E-state index contributed by atoms with van der Waals surface area (Å²) < 4.78 is 0. The second kappa shape index (κ2) is 6.73. The van der Waals surface area contributed by atoms with Gasteiger partial charge in [0.25, 0.3) is 11.6 Å². The van der Waals surface area contributed by atoms with E-state index < -0.39 is 10.8 Å². The van der Waals surface area contributed by atoms with Crippen molar-refractivity contribution >= 4 is 29.7 Å². The quantitative estimate of drug-likeness (QED) is 0.430. The van der Waals surface area contributed by atoms with Crippen molar-refractivity contribution in [3.05, 3.63) is 33.4 Å². The number of hydrogen-bond acceptors (Lipinski definition) is 5. The lowest BCUT2D eigenvalue weighted by molar-refractivity contribution is -0.384. The van der Waals surface area contributed by atoms with Crippen molar-refractivity contribution in [2.24, 2.45) is 11.7 Å². The minimum atomic E-state index is -0.583. The maximum Gasteiger partial charge on any atom is 0.293 e. The first-order chi connectivity index (χ1) is 9.43. The Balaban J connectivity index is 0.00000220. The van der Waals surface area contributed by atoms with Crippen LogP contribution in [0.15, 0.2) is 12.1 Å². The van der Waals surface area contributed by atoms with Gasteiger partial charge < -0.3 is 16.8 Å². The first kappa shape index (κ1) is 17.2. The lowest BCUT2D eigenvalue weighted by Crippen LogP contribution is -2.42. The summed E-state index contributed by atoms with van der Waals surface area (Å²) in [5.74, 6) is 0.00150. The van der Waals surface area contributed by atoms with Gasteiger partial charge in [-0.25, -0.2) is 0 Å². The zero-order chi connectivity index (χ0) is 14.9. The highest BCUT2D eigenvalue weighted by Gasteiger charge is 2.32. The first-order valence-electron chi connectivity index (χ1n) is 6.49. The van der Waals surface area contributed by atoms with Gasteiger partial charge in [0.2, 0.25) is 0 Å². The van der Waals surface area contributed by atoms with Crippen LogP contribution in [0, 0.1) is 23.0 Å². The highest BCUT2D eigenvalue weighted by atomic mass is 35.5. The largest absolute Gasteiger partial charge is 0.393 e. The Morgan fingerprint density at radius 2 is 2.14 bits per heavy atom. The number of benzene rings is 1. The van der Waals surface area contributed by atoms with Crippen LogP contribution in [0.25, 0.3) is 0 Å². The number of rotatable bonds is 5. The Morgan fingerprint density at radius 3 is 2.62 bits per heavy atom. The molecule has 5 N–H and O–H groups in total. The summed E-state index contributed by atoms with van der Waals surface area (Å²) in [5, 5.41) is 13.7. The highest BCUT2D eigenvalue weighted by molar-refractivity contribution is 6.01. The number of amides is 1. The normalized spacial score (nSPS) is 15.0. The van der Waals surface area contributed by atoms with Crippen LogP contribution < -0.4 is 16.8 Å². The van der Waals surface area contributed by atoms with Gasteiger partial charge in [-0.3, -0.25) is 14.9 Å². The molecule has 0 bridgehead atoms. The number of nitro groups is 1. The minimum Gasteiger partial charge on any atom is -0.393 e. The molecular weight excluding hydrogens is 296 g/mol. The molecule has 0 aromatic heterocycles. The van der Waals surface area contributed by atoms with Crippen LogP contribution in [0.3, 0.4) is 0 Å². The van der Waals surface area contributed by atoms with E-state index in [1.165, 1.54) is 6.07 Å². The molecule has 0 radical (unpaired) electrons. The standard InChI is InChI=1S/C13H18N4O3.ClH/c1-7-4-9(12(15)11(5-7)17(19)20)13(18)16-10(6-14)8-2-3-8;/h4-5,8,10H,2-3,6,14-15H2,1H3,(H,16,18);1H. The fraction of sp³-hybridized carbons (Fsp3) is 0.462. The van der Waals surface area contributed by atoms with Gasteiger partial charge in [0.1, 0.15) is 5.69 Å². The number of carbonyl (C=O) groups is 1. The Morgan fingerprint density at radius 1 is 1.52 bits per heavy atom. The monoisotopic (exact) mass is 314 g/mol. The van der Waals surface area contributed by atoms with E-state index in [9.17, 15) is 14.9 Å².